The van der Waals surface area contributed by atoms with Crippen LogP contribution in [0.5, 0.6) is 0 Å². The standard InChI is InChI=1S/C12H11BrN2S/c13-10-4-9(6-15-7-10)8-16-12-3-1-2-11(14)5-12/h1-7H,8,14H2. The van der Waals surface area contributed by atoms with Gasteiger partial charge in [0.15, 0.2) is 0 Å². The molecule has 1 aromatic carbocycles. The molecule has 82 valence electrons. The Morgan fingerprint density at radius 3 is 2.88 bits per heavy atom. The van der Waals surface area contributed by atoms with Crippen LogP contribution in [0.25, 0.3) is 0 Å². The zero-order valence-corrected chi connectivity index (χ0v) is 11.0. The highest BCUT2D eigenvalue weighted by Crippen LogP contribution is 2.24. The van der Waals surface area contributed by atoms with Gasteiger partial charge in [0.05, 0.1) is 0 Å². The zero-order valence-electron chi connectivity index (χ0n) is 8.56. The van der Waals surface area contributed by atoms with Crippen molar-refractivity contribution < 1.29 is 0 Å². The van der Waals surface area contributed by atoms with Gasteiger partial charge in [-0.1, -0.05) is 6.07 Å². The van der Waals surface area contributed by atoms with Crippen LogP contribution in [-0.4, -0.2) is 4.98 Å². The van der Waals surface area contributed by atoms with Gasteiger partial charge in [0, 0.05) is 33.2 Å². The predicted octanol–water partition coefficient (Wildman–Crippen LogP) is 3.72. The van der Waals surface area contributed by atoms with E-state index in [2.05, 4.69) is 33.0 Å². The van der Waals surface area contributed by atoms with Gasteiger partial charge < -0.3 is 5.73 Å². The number of rotatable bonds is 3. The minimum absolute atomic E-state index is 0.803. The van der Waals surface area contributed by atoms with Gasteiger partial charge in [-0.2, -0.15) is 0 Å². The molecule has 0 aliphatic carbocycles. The van der Waals surface area contributed by atoms with E-state index in [-0.39, 0.29) is 0 Å². The van der Waals surface area contributed by atoms with Crippen molar-refractivity contribution in [1.82, 2.24) is 4.98 Å². The molecule has 1 heterocycles. The van der Waals surface area contributed by atoms with Crippen LogP contribution >= 0.6 is 27.7 Å². The average Bonchev–Trinajstić information content (AvgIpc) is 2.27. The molecule has 1 aromatic heterocycles. The van der Waals surface area contributed by atoms with Gasteiger partial charge in [0.2, 0.25) is 0 Å². The summed E-state index contributed by atoms with van der Waals surface area (Å²) in [5.74, 6) is 0.899. The maximum atomic E-state index is 5.72. The largest absolute Gasteiger partial charge is 0.399 e. The van der Waals surface area contributed by atoms with Crippen molar-refractivity contribution in [2.45, 2.75) is 10.6 Å². The number of hydrogen-bond acceptors (Lipinski definition) is 3. The van der Waals surface area contributed by atoms with Crippen LogP contribution in [0, 0.1) is 0 Å². The highest BCUT2D eigenvalue weighted by molar-refractivity contribution is 9.10. The number of hydrogen-bond donors (Lipinski definition) is 1. The molecular weight excluding hydrogens is 284 g/mol. The maximum Gasteiger partial charge on any atom is 0.0410 e. The van der Waals surface area contributed by atoms with E-state index in [1.165, 1.54) is 10.5 Å². The third-order valence-electron chi connectivity index (χ3n) is 2.03. The molecule has 0 fully saturated rings. The Balaban J connectivity index is 2.02. The molecule has 2 nitrogen and oxygen atoms in total. The van der Waals surface area contributed by atoms with Gasteiger partial charge in [0.25, 0.3) is 0 Å². The number of pyridine rings is 1. The van der Waals surface area contributed by atoms with Crippen molar-refractivity contribution in [3.63, 3.8) is 0 Å². The van der Waals surface area contributed by atoms with Crippen LogP contribution in [0.4, 0.5) is 5.69 Å². The molecule has 4 heteroatoms. The first-order chi connectivity index (χ1) is 7.74. The number of benzene rings is 1. The lowest BCUT2D eigenvalue weighted by Crippen LogP contribution is -1.85. The molecule has 0 amide bonds. The Morgan fingerprint density at radius 2 is 2.12 bits per heavy atom. The monoisotopic (exact) mass is 294 g/mol. The first-order valence-corrected chi connectivity index (χ1v) is 6.60. The van der Waals surface area contributed by atoms with Crippen molar-refractivity contribution in [1.29, 1.82) is 0 Å². The molecular formula is C12H11BrN2S. The number of nitrogen functional groups attached to an aromatic ring is 1. The number of nitrogens with two attached hydrogens (primary N) is 1. The second-order valence-corrected chi connectivity index (χ2v) is 5.34. The summed E-state index contributed by atoms with van der Waals surface area (Å²) in [6, 6.07) is 9.98. The lowest BCUT2D eigenvalue weighted by atomic mass is 10.3. The van der Waals surface area contributed by atoms with Crippen LogP contribution in [-0.2, 0) is 5.75 Å². The van der Waals surface area contributed by atoms with Crippen LogP contribution in [0.15, 0.2) is 52.1 Å². The molecule has 0 aliphatic heterocycles. The van der Waals surface area contributed by atoms with Gasteiger partial charge in [-0.3, -0.25) is 4.98 Å². The molecule has 16 heavy (non-hydrogen) atoms. The predicted molar refractivity (Wildman–Crippen MR) is 72.4 cm³/mol. The molecule has 0 saturated carbocycles. The first-order valence-electron chi connectivity index (χ1n) is 4.82. The Labute approximate surface area is 107 Å². The SMILES string of the molecule is Nc1cccc(SCc2cncc(Br)c2)c1. The molecule has 0 radical (unpaired) electrons. The number of aromatic nitrogens is 1. The Morgan fingerprint density at radius 1 is 1.25 bits per heavy atom. The quantitative estimate of drug-likeness (QED) is 0.693. The van der Waals surface area contributed by atoms with E-state index >= 15 is 0 Å². The fraction of sp³-hybridized carbons (Fsp3) is 0.0833. The van der Waals surface area contributed by atoms with Crippen molar-refractivity contribution >= 4 is 33.4 Å². The normalized spacial score (nSPS) is 10.3. The molecule has 0 aliphatic rings. The Kier molecular flexibility index (Phi) is 3.85. The summed E-state index contributed by atoms with van der Waals surface area (Å²) in [5, 5.41) is 0. The van der Waals surface area contributed by atoms with E-state index in [1.54, 1.807) is 18.0 Å². The molecule has 0 atom stereocenters. The fourth-order valence-electron chi connectivity index (χ4n) is 1.31. The minimum Gasteiger partial charge on any atom is -0.399 e. The minimum atomic E-state index is 0.803. The smallest absolute Gasteiger partial charge is 0.0410 e. The number of thioether (sulfide) groups is 1. The number of nitrogens with zero attached hydrogens (tertiary/aromatic N) is 1. The topological polar surface area (TPSA) is 38.9 Å². The van der Waals surface area contributed by atoms with Gasteiger partial charge in [-0.15, -0.1) is 11.8 Å². The van der Waals surface area contributed by atoms with Crippen molar-refractivity contribution in [2.24, 2.45) is 0 Å². The highest BCUT2D eigenvalue weighted by atomic mass is 79.9. The van der Waals surface area contributed by atoms with Crippen LogP contribution in [0.3, 0.4) is 0 Å². The van der Waals surface area contributed by atoms with Gasteiger partial charge in [-0.25, -0.2) is 0 Å². The summed E-state index contributed by atoms with van der Waals surface area (Å²) >= 11 is 5.16. The van der Waals surface area contributed by atoms with E-state index in [4.69, 9.17) is 5.73 Å². The summed E-state index contributed by atoms with van der Waals surface area (Å²) in [6.07, 6.45) is 3.67. The molecule has 0 saturated heterocycles. The fourth-order valence-corrected chi connectivity index (χ4v) is 2.60. The summed E-state index contributed by atoms with van der Waals surface area (Å²) in [6.45, 7) is 0. The van der Waals surface area contributed by atoms with Crippen molar-refractivity contribution in [2.75, 3.05) is 5.73 Å². The summed E-state index contributed by atoms with van der Waals surface area (Å²) < 4.78 is 1.01. The molecule has 2 N–H and O–H groups in total. The first kappa shape index (κ1) is 11.5. The van der Waals surface area contributed by atoms with Gasteiger partial charge >= 0.3 is 0 Å². The third kappa shape index (κ3) is 3.25. The second kappa shape index (κ2) is 5.37. The summed E-state index contributed by atoms with van der Waals surface area (Å²) in [7, 11) is 0. The molecule has 0 spiro atoms. The van der Waals surface area contributed by atoms with Crippen LogP contribution < -0.4 is 5.73 Å². The molecule has 2 aromatic rings. The number of halogens is 1. The lowest BCUT2D eigenvalue weighted by Gasteiger charge is -2.03. The lowest BCUT2D eigenvalue weighted by molar-refractivity contribution is 1.23. The van der Waals surface area contributed by atoms with E-state index in [0.717, 1.165) is 15.9 Å². The number of anilines is 1. The van der Waals surface area contributed by atoms with E-state index in [0.29, 0.717) is 0 Å². The van der Waals surface area contributed by atoms with E-state index < -0.39 is 0 Å². The van der Waals surface area contributed by atoms with Gasteiger partial charge in [-0.05, 0) is 45.8 Å². The highest BCUT2D eigenvalue weighted by Gasteiger charge is 1.98. The zero-order chi connectivity index (χ0) is 11.4. The molecule has 0 bridgehead atoms. The molecule has 0 unspecified atom stereocenters. The van der Waals surface area contributed by atoms with Gasteiger partial charge in [0.1, 0.15) is 0 Å². The Hall–Kier alpha value is -1.00. The Bertz CT molecular complexity index is 442. The average molecular weight is 295 g/mol. The summed E-state index contributed by atoms with van der Waals surface area (Å²) in [4.78, 5) is 5.31. The summed E-state index contributed by atoms with van der Waals surface area (Å²) in [5.41, 5.74) is 7.72. The second-order valence-electron chi connectivity index (χ2n) is 3.37. The van der Waals surface area contributed by atoms with Crippen molar-refractivity contribution in [3.05, 3.63) is 52.8 Å². The maximum absolute atomic E-state index is 5.72. The van der Waals surface area contributed by atoms with Crippen molar-refractivity contribution in [3.8, 4) is 0 Å². The third-order valence-corrected chi connectivity index (χ3v) is 3.52. The molecule has 2 rings (SSSR count). The van der Waals surface area contributed by atoms with Crippen LogP contribution in [0.2, 0.25) is 0 Å². The van der Waals surface area contributed by atoms with E-state index in [1.807, 2.05) is 24.4 Å². The van der Waals surface area contributed by atoms with E-state index in [9.17, 15) is 0 Å². The van der Waals surface area contributed by atoms with Crippen LogP contribution in [0.1, 0.15) is 5.56 Å².